The topological polar surface area (TPSA) is 81.4 Å². The molecule has 0 spiro atoms. The second-order valence-electron chi connectivity index (χ2n) is 3.82. The predicted molar refractivity (Wildman–Crippen MR) is 76.3 cm³/mol. The van der Waals surface area contributed by atoms with Gasteiger partial charge >= 0.3 is 0 Å². The fraction of sp³-hybridized carbons (Fsp3) is 0.0909. The molecule has 20 heavy (non-hydrogen) atoms. The zero-order chi connectivity index (χ0) is 15.0. The van der Waals surface area contributed by atoms with Crippen LogP contribution in [0.5, 0.6) is 0 Å². The van der Waals surface area contributed by atoms with Crippen LogP contribution in [0.15, 0.2) is 55.9 Å². The van der Waals surface area contributed by atoms with Crippen molar-refractivity contribution < 1.29 is 21.3 Å². The van der Waals surface area contributed by atoms with Gasteiger partial charge < -0.3 is 4.42 Å². The van der Waals surface area contributed by atoms with Crippen LogP contribution >= 0.6 is 26.6 Å². The molecule has 0 saturated carbocycles. The molecule has 1 aromatic heterocycles. The Kier molecular flexibility index (Phi) is 4.29. The third kappa shape index (κ3) is 3.08. The summed E-state index contributed by atoms with van der Waals surface area (Å²) in [7, 11) is -2.85. The van der Waals surface area contributed by atoms with Crippen LogP contribution in [0, 0.1) is 0 Å². The molecule has 0 aliphatic rings. The molecule has 0 bridgehead atoms. The van der Waals surface area contributed by atoms with E-state index in [1.807, 2.05) is 0 Å². The highest BCUT2D eigenvalue weighted by Gasteiger charge is 2.24. The fourth-order valence-corrected chi connectivity index (χ4v) is 3.79. The van der Waals surface area contributed by atoms with Crippen molar-refractivity contribution in [2.24, 2.45) is 0 Å². The van der Waals surface area contributed by atoms with Gasteiger partial charge in [0.15, 0.2) is 0 Å². The number of rotatable bonds is 4. The minimum absolute atomic E-state index is 0.0431. The van der Waals surface area contributed by atoms with Crippen LogP contribution < -0.4 is 0 Å². The van der Waals surface area contributed by atoms with E-state index < -0.39 is 24.0 Å². The fourth-order valence-electron chi connectivity index (χ4n) is 1.46. The van der Waals surface area contributed by atoms with Crippen molar-refractivity contribution in [3.8, 4) is 0 Å². The largest absolute Gasteiger partial charge is 0.450 e. The molecule has 1 heterocycles. The summed E-state index contributed by atoms with van der Waals surface area (Å²) >= 11 is 3.26. The second kappa shape index (κ2) is 5.51. The molecule has 9 heteroatoms. The van der Waals surface area contributed by atoms with Crippen LogP contribution in [0.2, 0.25) is 0 Å². The molecule has 1 aromatic carbocycles. The Balaban J connectivity index is 2.46. The SMILES string of the molecule is O=S(=O)(Cl)c1cc(S(=O)(=O)c2ccc(CBr)cc2)co1. The Bertz CT molecular complexity index is 822. The van der Waals surface area contributed by atoms with Crippen molar-refractivity contribution in [3.05, 3.63) is 42.2 Å². The highest BCUT2D eigenvalue weighted by Crippen LogP contribution is 2.26. The molecule has 5 nitrogen and oxygen atoms in total. The minimum Gasteiger partial charge on any atom is -0.450 e. The summed E-state index contributed by atoms with van der Waals surface area (Å²) in [6.07, 6.45) is 0.850. The van der Waals surface area contributed by atoms with Crippen molar-refractivity contribution >= 4 is 45.5 Å². The molecule has 2 rings (SSSR count). The van der Waals surface area contributed by atoms with Crippen LogP contribution in [0.3, 0.4) is 0 Å². The number of benzene rings is 1. The van der Waals surface area contributed by atoms with Gasteiger partial charge in [0.2, 0.25) is 14.9 Å². The van der Waals surface area contributed by atoms with E-state index in [9.17, 15) is 16.8 Å². The summed E-state index contributed by atoms with van der Waals surface area (Å²) in [6.45, 7) is 0. The van der Waals surface area contributed by atoms with Crippen LogP contribution in [0.1, 0.15) is 5.56 Å². The van der Waals surface area contributed by atoms with Gasteiger partial charge in [0.25, 0.3) is 9.05 Å². The van der Waals surface area contributed by atoms with Gasteiger partial charge in [-0.3, -0.25) is 0 Å². The molecule has 0 N–H and O–H groups in total. The van der Waals surface area contributed by atoms with E-state index in [2.05, 4.69) is 20.3 Å². The molecule has 0 unspecified atom stereocenters. The van der Waals surface area contributed by atoms with E-state index in [0.717, 1.165) is 17.9 Å². The first-order chi connectivity index (χ1) is 9.25. The van der Waals surface area contributed by atoms with Crippen molar-refractivity contribution in [2.75, 3.05) is 0 Å². The first-order valence-electron chi connectivity index (χ1n) is 5.18. The van der Waals surface area contributed by atoms with Crippen LogP contribution in [-0.4, -0.2) is 16.8 Å². The highest BCUT2D eigenvalue weighted by molar-refractivity contribution is 9.08. The van der Waals surface area contributed by atoms with E-state index in [4.69, 9.17) is 10.7 Å². The average Bonchev–Trinajstić information content (AvgIpc) is 2.89. The standard InChI is InChI=1S/C11H8BrClO5S2/c12-6-8-1-3-9(4-2-8)19(14,15)10-5-11(18-7-10)20(13,16)17/h1-5,7H,6H2. The average molecular weight is 400 g/mol. The molecular weight excluding hydrogens is 392 g/mol. The summed E-state index contributed by atoms with van der Waals surface area (Å²) < 4.78 is 51.3. The molecule has 108 valence electrons. The number of alkyl halides is 1. The summed E-state index contributed by atoms with van der Waals surface area (Å²) in [5, 5.41) is 0.00282. The first kappa shape index (κ1) is 15.6. The van der Waals surface area contributed by atoms with E-state index in [1.54, 1.807) is 12.1 Å². The number of hydrogen-bond acceptors (Lipinski definition) is 5. The molecule has 0 aliphatic carbocycles. The van der Waals surface area contributed by atoms with Gasteiger partial charge in [0.1, 0.15) is 11.2 Å². The van der Waals surface area contributed by atoms with E-state index in [0.29, 0.717) is 5.33 Å². The van der Waals surface area contributed by atoms with Crippen molar-refractivity contribution in [2.45, 2.75) is 20.2 Å². The van der Waals surface area contributed by atoms with Gasteiger partial charge in [-0.25, -0.2) is 16.8 Å². The normalized spacial score (nSPS) is 12.5. The zero-order valence-electron chi connectivity index (χ0n) is 9.78. The maximum atomic E-state index is 12.3. The van der Waals surface area contributed by atoms with Crippen molar-refractivity contribution in [3.63, 3.8) is 0 Å². The summed E-state index contributed by atoms with van der Waals surface area (Å²) in [6, 6.07) is 7.07. The predicted octanol–water partition coefficient (Wildman–Crippen LogP) is 2.93. The Labute approximate surface area is 129 Å². The Morgan fingerprint density at radius 3 is 2.10 bits per heavy atom. The van der Waals surface area contributed by atoms with Gasteiger partial charge in [-0.15, -0.1) is 0 Å². The lowest BCUT2D eigenvalue weighted by Crippen LogP contribution is -2.00. The molecule has 0 aliphatic heterocycles. The molecule has 0 radical (unpaired) electrons. The molecule has 0 fully saturated rings. The molecule has 2 aromatic rings. The lowest BCUT2D eigenvalue weighted by molar-refractivity contribution is 0.452. The molecular formula is C11H8BrClO5S2. The monoisotopic (exact) mass is 398 g/mol. The zero-order valence-corrected chi connectivity index (χ0v) is 13.8. The Hall–Kier alpha value is -0.830. The number of hydrogen-bond donors (Lipinski definition) is 0. The van der Waals surface area contributed by atoms with E-state index in [-0.39, 0.29) is 9.79 Å². The van der Waals surface area contributed by atoms with Crippen LogP contribution in [0.4, 0.5) is 0 Å². The summed E-state index contributed by atoms with van der Waals surface area (Å²) in [5.74, 6) is 0. The minimum atomic E-state index is -4.10. The number of furan rings is 1. The molecule has 0 saturated heterocycles. The van der Waals surface area contributed by atoms with Crippen LogP contribution in [0.25, 0.3) is 0 Å². The van der Waals surface area contributed by atoms with Crippen molar-refractivity contribution in [1.29, 1.82) is 0 Å². The Morgan fingerprint density at radius 2 is 1.65 bits per heavy atom. The summed E-state index contributed by atoms with van der Waals surface area (Å²) in [5.41, 5.74) is 0.917. The van der Waals surface area contributed by atoms with Crippen molar-refractivity contribution in [1.82, 2.24) is 0 Å². The Morgan fingerprint density at radius 1 is 1.05 bits per heavy atom. The molecule has 0 atom stereocenters. The van der Waals surface area contributed by atoms with Gasteiger partial charge in [0.05, 0.1) is 4.90 Å². The maximum Gasteiger partial charge on any atom is 0.294 e. The lowest BCUT2D eigenvalue weighted by Gasteiger charge is -2.02. The highest BCUT2D eigenvalue weighted by atomic mass is 79.9. The van der Waals surface area contributed by atoms with Gasteiger partial charge in [-0.2, -0.15) is 0 Å². The number of sulfone groups is 1. The molecule has 0 amide bonds. The lowest BCUT2D eigenvalue weighted by atomic mass is 10.2. The van der Waals surface area contributed by atoms with Gasteiger partial charge in [-0.05, 0) is 17.7 Å². The third-order valence-corrected chi connectivity index (χ3v) is 6.02. The number of halogens is 2. The van der Waals surface area contributed by atoms with E-state index >= 15 is 0 Å². The van der Waals surface area contributed by atoms with Gasteiger partial charge in [0, 0.05) is 22.1 Å². The second-order valence-corrected chi connectivity index (χ2v) is 8.83. The quantitative estimate of drug-likeness (QED) is 0.583. The van der Waals surface area contributed by atoms with E-state index in [1.165, 1.54) is 12.1 Å². The van der Waals surface area contributed by atoms with Crippen LogP contribution in [-0.2, 0) is 24.2 Å². The summed E-state index contributed by atoms with van der Waals surface area (Å²) in [4.78, 5) is -0.218. The smallest absolute Gasteiger partial charge is 0.294 e. The maximum absolute atomic E-state index is 12.3. The third-order valence-electron chi connectivity index (χ3n) is 2.49. The van der Waals surface area contributed by atoms with Gasteiger partial charge in [-0.1, -0.05) is 28.1 Å². The first-order valence-corrected chi connectivity index (χ1v) is 10.1.